The zero-order chi connectivity index (χ0) is 10.3. The van der Waals surface area contributed by atoms with Gasteiger partial charge in [-0.05, 0) is 11.8 Å². The number of aromatic carboxylic acids is 1. The molecule has 0 spiro atoms. The molecule has 5 heteroatoms. The van der Waals surface area contributed by atoms with E-state index in [9.17, 15) is 4.79 Å². The lowest BCUT2D eigenvalue weighted by molar-refractivity contribution is 0.0690. The molecule has 0 bridgehead atoms. The van der Waals surface area contributed by atoms with Crippen LogP contribution in [0.1, 0.15) is 30.8 Å². The molecule has 1 aliphatic carbocycles. The molecule has 0 aliphatic heterocycles. The molecule has 1 aliphatic rings. The largest absolute Gasteiger partial charge is 0.476 e. The van der Waals surface area contributed by atoms with Crippen LogP contribution in [0.4, 0.5) is 6.01 Å². The first kappa shape index (κ1) is 9.05. The van der Waals surface area contributed by atoms with E-state index in [1.807, 2.05) is 0 Å². The van der Waals surface area contributed by atoms with E-state index < -0.39 is 5.97 Å². The summed E-state index contributed by atoms with van der Waals surface area (Å²) in [4.78, 5) is 14.3. The molecule has 0 aromatic carbocycles. The number of hydrogen-bond acceptors (Lipinski definition) is 4. The van der Waals surface area contributed by atoms with Crippen LogP contribution in [0, 0.1) is 5.41 Å². The molecule has 0 amide bonds. The van der Waals surface area contributed by atoms with Crippen LogP contribution in [0.15, 0.2) is 10.7 Å². The molecule has 1 fully saturated rings. The minimum Gasteiger partial charge on any atom is -0.476 e. The van der Waals surface area contributed by atoms with Gasteiger partial charge in [-0.25, -0.2) is 4.79 Å². The average molecular weight is 196 g/mol. The van der Waals surface area contributed by atoms with Crippen molar-refractivity contribution in [3.8, 4) is 0 Å². The molecule has 0 saturated heterocycles. The Balaban J connectivity index is 2.01. The van der Waals surface area contributed by atoms with E-state index in [2.05, 4.69) is 24.1 Å². The summed E-state index contributed by atoms with van der Waals surface area (Å²) < 4.78 is 4.97. The average Bonchev–Trinajstić information content (AvgIpc) is 2.51. The fourth-order valence-corrected chi connectivity index (χ4v) is 1.30. The van der Waals surface area contributed by atoms with E-state index in [1.165, 1.54) is 0 Å². The number of carboxylic acids is 1. The van der Waals surface area contributed by atoms with E-state index >= 15 is 0 Å². The van der Waals surface area contributed by atoms with Crippen molar-refractivity contribution >= 4 is 12.0 Å². The van der Waals surface area contributed by atoms with Gasteiger partial charge in [0.05, 0.1) is 0 Å². The van der Waals surface area contributed by atoms with Gasteiger partial charge in [0.1, 0.15) is 6.26 Å². The maximum Gasteiger partial charge on any atom is 0.357 e. The summed E-state index contributed by atoms with van der Waals surface area (Å²) in [6.07, 6.45) is 2.19. The summed E-state index contributed by atoms with van der Waals surface area (Å²) in [6.45, 7) is 4.26. The molecule has 2 N–H and O–H groups in total. The SMILES string of the molecule is CC1(C)CC1Nc1nc(C(=O)O)co1. The van der Waals surface area contributed by atoms with Crippen LogP contribution in [0.5, 0.6) is 0 Å². The predicted octanol–water partition coefficient (Wildman–Crippen LogP) is 1.58. The Bertz CT molecular complexity index is 370. The van der Waals surface area contributed by atoms with Gasteiger partial charge in [-0.1, -0.05) is 13.8 Å². The first-order valence-electron chi connectivity index (χ1n) is 4.44. The number of carboxylic acid groups (broad SMARTS) is 1. The summed E-state index contributed by atoms with van der Waals surface area (Å²) >= 11 is 0. The summed E-state index contributed by atoms with van der Waals surface area (Å²) in [5, 5.41) is 11.6. The predicted molar refractivity (Wildman–Crippen MR) is 49.3 cm³/mol. The molecular formula is C9H12N2O3. The highest BCUT2D eigenvalue weighted by atomic mass is 16.4. The van der Waals surface area contributed by atoms with E-state index in [4.69, 9.17) is 9.52 Å². The Morgan fingerprint density at radius 1 is 1.79 bits per heavy atom. The van der Waals surface area contributed by atoms with Crippen LogP contribution < -0.4 is 5.32 Å². The van der Waals surface area contributed by atoms with Crippen molar-refractivity contribution in [1.29, 1.82) is 0 Å². The molecule has 1 aromatic heterocycles. The number of anilines is 1. The van der Waals surface area contributed by atoms with Crippen LogP contribution in [0.25, 0.3) is 0 Å². The minimum absolute atomic E-state index is 0.0639. The van der Waals surface area contributed by atoms with Gasteiger partial charge in [0, 0.05) is 6.04 Å². The number of hydrogen-bond donors (Lipinski definition) is 2. The second-order valence-corrected chi connectivity index (χ2v) is 4.23. The Morgan fingerprint density at radius 3 is 2.86 bits per heavy atom. The first-order chi connectivity index (χ1) is 6.49. The highest BCUT2D eigenvalue weighted by molar-refractivity contribution is 5.85. The second-order valence-electron chi connectivity index (χ2n) is 4.23. The molecule has 1 saturated carbocycles. The number of aromatic nitrogens is 1. The normalized spacial score (nSPS) is 23.1. The lowest BCUT2D eigenvalue weighted by atomic mass is 10.2. The highest BCUT2D eigenvalue weighted by Gasteiger charge is 2.46. The molecule has 1 aromatic rings. The highest BCUT2D eigenvalue weighted by Crippen LogP contribution is 2.46. The van der Waals surface area contributed by atoms with E-state index in [1.54, 1.807) is 0 Å². The van der Waals surface area contributed by atoms with Crippen molar-refractivity contribution < 1.29 is 14.3 Å². The van der Waals surface area contributed by atoms with Crippen molar-refractivity contribution in [3.63, 3.8) is 0 Å². The van der Waals surface area contributed by atoms with Gasteiger partial charge in [-0.15, -0.1) is 0 Å². The summed E-state index contributed by atoms with van der Waals surface area (Å²) in [6, 6.07) is 0.626. The number of nitrogens with one attached hydrogen (secondary N) is 1. The Morgan fingerprint density at radius 2 is 2.43 bits per heavy atom. The lowest BCUT2D eigenvalue weighted by Crippen LogP contribution is -2.08. The van der Waals surface area contributed by atoms with Gasteiger partial charge in [-0.3, -0.25) is 0 Å². The van der Waals surface area contributed by atoms with E-state index in [0.29, 0.717) is 6.04 Å². The van der Waals surface area contributed by atoms with Crippen LogP contribution in [0.3, 0.4) is 0 Å². The first-order valence-corrected chi connectivity index (χ1v) is 4.44. The quantitative estimate of drug-likeness (QED) is 0.767. The van der Waals surface area contributed by atoms with Gasteiger partial charge in [0.2, 0.25) is 0 Å². The smallest absolute Gasteiger partial charge is 0.357 e. The number of nitrogens with zero attached hydrogens (tertiary/aromatic N) is 1. The number of oxazole rings is 1. The molecule has 76 valence electrons. The minimum atomic E-state index is -1.07. The zero-order valence-electron chi connectivity index (χ0n) is 8.07. The molecule has 14 heavy (non-hydrogen) atoms. The Kier molecular flexibility index (Phi) is 1.77. The van der Waals surface area contributed by atoms with E-state index in [0.717, 1.165) is 12.7 Å². The molecule has 1 heterocycles. The fourth-order valence-electron chi connectivity index (χ4n) is 1.30. The van der Waals surface area contributed by atoms with E-state index in [-0.39, 0.29) is 17.1 Å². The van der Waals surface area contributed by atoms with Gasteiger partial charge in [0.25, 0.3) is 6.01 Å². The Labute approximate surface area is 81.1 Å². The van der Waals surface area contributed by atoms with Crippen molar-refractivity contribution in [2.24, 2.45) is 5.41 Å². The third-order valence-electron chi connectivity index (χ3n) is 2.53. The third kappa shape index (κ3) is 1.57. The zero-order valence-corrected chi connectivity index (χ0v) is 8.07. The maximum atomic E-state index is 10.5. The van der Waals surface area contributed by atoms with Gasteiger partial charge >= 0.3 is 5.97 Å². The number of rotatable bonds is 3. The standard InChI is InChI=1S/C9H12N2O3/c1-9(2)3-6(9)11-8-10-5(4-14-8)7(12)13/h4,6H,3H2,1-2H3,(H,10,11)(H,12,13). The van der Waals surface area contributed by atoms with Crippen LogP contribution in [0.2, 0.25) is 0 Å². The second kappa shape index (κ2) is 2.73. The van der Waals surface area contributed by atoms with Gasteiger partial charge in [0.15, 0.2) is 5.69 Å². The monoisotopic (exact) mass is 196 g/mol. The molecule has 1 atom stereocenters. The lowest BCUT2D eigenvalue weighted by Gasteiger charge is -2.02. The van der Waals surface area contributed by atoms with Crippen LogP contribution >= 0.6 is 0 Å². The molecule has 5 nitrogen and oxygen atoms in total. The molecule has 1 unspecified atom stereocenters. The Hall–Kier alpha value is -1.52. The van der Waals surface area contributed by atoms with Gasteiger partial charge < -0.3 is 14.8 Å². The summed E-state index contributed by atoms with van der Waals surface area (Å²) in [7, 11) is 0. The van der Waals surface area contributed by atoms with Gasteiger partial charge in [-0.2, -0.15) is 4.98 Å². The topological polar surface area (TPSA) is 75.4 Å². The molecular weight excluding hydrogens is 184 g/mol. The summed E-state index contributed by atoms with van der Waals surface area (Å²) in [5.74, 6) is -1.07. The van der Waals surface area contributed by atoms with Crippen molar-refractivity contribution in [2.45, 2.75) is 26.3 Å². The summed E-state index contributed by atoms with van der Waals surface area (Å²) in [5.41, 5.74) is 0.198. The van der Waals surface area contributed by atoms with Crippen molar-refractivity contribution in [3.05, 3.63) is 12.0 Å². The fraction of sp³-hybridized carbons (Fsp3) is 0.556. The molecule has 2 rings (SSSR count). The molecule has 0 radical (unpaired) electrons. The van der Waals surface area contributed by atoms with Crippen LogP contribution in [-0.2, 0) is 0 Å². The maximum absolute atomic E-state index is 10.5. The number of carbonyl (C=O) groups is 1. The third-order valence-corrected chi connectivity index (χ3v) is 2.53. The van der Waals surface area contributed by atoms with Crippen LogP contribution in [-0.4, -0.2) is 22.1 Å². The van der Waals surface area contributed by atoms with Crippen molar-refractivity contribution in [2.75, 3.05) is 5.32 Å². The van der Waals surface area contributed by atoms with Crippen molar-refractivity contribution in [1.82, 2.24) is 4.98 Å².